The SMILES string of the molecule is C=C(C)CC(C)C1CCCCC1. The Kier molecular flexibility index (Phi) is 3.84. The Hall–Kier alpha value is -0.260. The van der Waals surface area contributed by atoms with Gasteiger partial charge in [0, 0.05) is 0 Å². The highest BCUT2D eigenvalue weighted by Gasteiger charge is 2.19. The van der Waals surface area contributed by atoms with Crippen LogP contribution in [-0.2, 0) is 0 Å². The van der Waals surface area contributed by atoms with Gasteiger partial charge < -0.3 is 0 Å². The maximum absolute atomic E-state index is 3.99. The maximum Gasteiger partial charge on any atom is -0.0297 e. The van der Waals surface area contributed by atoms with E-state index in [1.807, 2.05) is 0 Å². The molecule has 0 bridgehead atoms. The molecule has 1 aliphatic rings. The summed E-state index contributed by atoms with van der Waals surface area (Å²) in [5.41, 5.74) is 1.35. The zero-order valence-electron chi connectivity index (χ0n) is 8.60. The molecule has 0 aromatic rings. The van der Waals surface area contributed by atoms with Gasteiger partial charge in [-0.3, -0.25) is 0 Å². The van der Waals surface area contributed by atoms with E-state index < -0.39 is 0 Å². The molecule has 70 valence electrons. The van der Waals surface area contributed by atoms with Crippen LogP contribution in [0.2, 0.25) is 0 Å². The molecule has 0 aromatic carbocycles. The van der Waals surface area contributed by atoms with Crippen molar-refractivity contribution in [3.05, 3.63) is 12.2 Å². The Morgan fingerprint density at radius 1 is 1.33 bits per heavy atom. The Morgan fingerprint density at radius 2 is 1.92 bits per heavy atom. The van der Waals surface area contributed by atoms with Crippen molar-refractivity contribution in [2.45, 2.75) is 52.4 Å². The highest BCUT2D eigenvalue weighted by atomic mass is 14.2. The Bertz CT molecular complexity index is 140. The average Bonchev–Trinajstić information content (AvgIpc) is 2.05. The molecular formula is C12H22. The summed E-state index contributed by atoms with van der Waals surface area (Å²) in [5.74, 6) is 1.87. The summed E-state index contributed by atoms with van der Waals surface area (Å²) in [6, 6.07) is 0. The first kappa shape index (κ1) is 9.83. The second kappa shape index (κ2) is 4.69. The van der Waals surface area contributed by atoms with Gasteiger partial charge in [-0.15, -0.1) is 6.58 Å². The van der Waals surface area contributed by atoms with E-state index in [0.29, 0.717) is 0 Å². The second-order valence-electron chi connectivity index (χ2n) is 4.54. The summed E-state index contributed by atoms with van der Waals surface area (Å²) >= 11 is 0. The first-order valence-electron chi connectivity index (χ1n) is 5.34. The number of hydrogen-bond acceptors (Lipinski definition) is 0. The predicted octanol–water partition coefficient (Wildman–Crippen LogP) is 4.17. The van der Waals surface area contributed by atoms with E-state index in [1.165, 1.54) is 44.1 Å². The molecule has 1 rings (SSSR count). The van der Waals surface area contributed by atoms with Crippen molar-refractivity contribution in [2.75, 3.05) is 0 Å². The molecule has 0 aliphatic heterocycles. The Labute approximate surface area is 77.1 Å². The second-order valence-corrected chi connectivity index (χ2v) is 4.54. The fourth-order valence-corrected chi connectivity index (χ4v) is 2.42. The topological polar surface area (TPSA) is 0 Å². The molecule has 1 unspecified atom stereocenters. The fraction of sp³-hybridized carbons (Fsp3) is 0.833. The van der Waals surface area contributed by atoms with E-state index in [4.69, 9.17) is 0 Å². The lowest BCUT2D eigenvalue weighted by Crippen LogP contribution is -2.15. The number of hydrogen-bond donors (Lipinski definition) is 0. The van der Waals surface area contributed by atoms with Gasteiger partial charge in [-0.05, 0) is 25.2 Å². The minimum Gasteiger partial charge on any atom is -0.100 e. The molecular weight excluding hydrogens is 144 g/mol. The van der Waals surface area contributed by atoms with Crippen molar-refractivity contribution in [2.24, 2.45) is 11.8 Å². The molecule has 1 fully saturated rings. The van der Waals surface area contributed by atoms with Crippen molar-refractivity contribution in [3.63, 3.8) is 0 Å². The lowest BCUT2D eigenvalue weighted by Gasteiger charge is -2.27. The first-order valence-corrected chi connectivity index (χ1v) is 5.34. The van der Waals surface area contributed by atoms with Gasteiger partial charge in [-0.1, -0.05) is 44.6 Å². The van der Waals surface area contributed by atoms with E-state index in [2.05, 4.69) is 20.4 Å². The molecule has 0 radical (unpaired) electrons. The lowest BCUT2D eigenvalue weighted by atomic mass is 9.78. The minimum absolute atomic E-state index is 0.878. The van der Waals surface area contributed by atoms with Crippen LogP contribution in [0.5, 0.6) is 0 Å². The van der Waals surface area contributed by atoms with Crippen LogP contribution in [0.25, 0.3) is 0 Å². The van der Waals surface area contributed by atoms with Gasteiger partial charge in [0.15, 0.2) is 0 Å². The number of rotatable bonds is 3. The van der Waals surface area contributed by atoms with Crippen LogP contribution in [0, 0.1) is 11.8 Å². The molecule has 0 N–H and O–H groups in total. The van der Waals surface area contributed by atoms with Crippen LogP contribution >= 0.6 is 0 Å². The molecule has 0 saturated heterocycles. The van der Waals surface area contributed by atoms with Gasteiger partial charge in [-0.2, -0.15) is 0 Å². The van der Waals surface area contributed by atoms with E-state index in [0.717, 1.165) is 11.8 Å². The Balaban J connectivity index is 2.29. The van der Waals surface area contributed by atoms with Gasteiger partial charge in [0.05, 0.1) is 0 Å². The van der Waals surface area contributed by atoms with E-state index >= 15 is 0 Å². The summed E-state index contributed by atoms with van der Waals surface area (Å²) in [7, 11) is 0. The first-order chi connectivity index (χ1) is 5.70. The highest BCUT2D eigenvalue weighted by Crippen LogP contribution is 2.32. The molecule has 0 spiro atoms. The van der Waals surface area contributed by atoms with Crippen LogP contribution in [0.4, 0.5) is 0 Å². The minimum atomic E-state index is 0.878. The highest BCUT2D eigenvalue weighted by molar-refractivity contribution is 4.91. The summed E-state index contributed by atoms with van der Waals surface area (Å²) < 4.78 is 0. The normalized spacial score (nSPS) is 22.2. The van der Waals surface area contributed by atoms with Gasteiger partial charge in [0.25, 0.3) is 0 Å². The number of allylic oxidation sites excluding steroid dienone is 1. The van der Waals surface area contributed by atoms with Crippen LogP contribution in [0.1, 0.15) is 52.4 Å². The van der Waals surface area contributed by atoms with Crippen LogP contribution in [0.15, 0.2) is 12.2 Å². The van der Waals surface area contributed by atoms with Crippen LogP contribution < -0.4 is 0 Å². The van der Waals surface area contributed by atoms with Crippen molar-refractivity contribution in [3.8, 4) is 0 Å². The van der Waals surface area contributed by atoms with Crippen LogP contribution in [0.3, 0.4) is 0 Å². The summed E-state index contributed by atoms with van der Waals surface area (Å²) in [6.07, 6.45) is 8.57. The summed E-state index contributed by atoms with van der Waals surface area (Å²) in [4.78, 5) is 0. The molecule has 0 heteroatoms. The third-order valence-electron chi connectivity index (χ3n) is 3.13. The van der Waals surface area contributed by atoms with E-state index in [9.17, 15) is 0 Å². The molecule has 1 saturated carbocycles. The largest absolute Gasteiger partial charge is 0.100 e. The van der Waals surface area contributed by atoms with Crippen molar-refractivity contribution in [1.29, 1.82) is 0 Å². The predicted molar refractivity (Wildman–Crippen MR) is 55.2 cm³/mol. The Morgan fingerprint density at radius 3 is 2.42 bits per heavy atom. The van der Waals surface area contributed by atoms with Gasteiger partial charge >= 0.3 is 0 Å². The summed E-state index contributed by atoms with van der Waals surface area (Å²) in [5, 5.41) is 0. The van der Waals surface area contributed by atoms with E-state index in [-0.39, 0.29) is 0 Å². The standard InChI is InChI=1S/C12H22/c1-10(2)9-11(3)12-7-5-4-6-8-12/h11-12H,1,4-9H2,2-3H3. The molecule has 0 nitrogen and oxygen atoms in total. The monoisotopic (exact) mass is 166 g/mol. The van der Waals surface area contributed by atoms with Gasteiger partial charge in [0.2, 0.25) is 0 Å². The maximum atomic E-state index is 3.99. The van der Waals surface area contributed by atoms with Crippen molar-refractivity contribution < 1.29 is 0 Å². The summed E-state index contributed by atoms with van der Waals surface area (Å²) in [6.45, 7) is 8.54. The van der Waals surface area contributed by atoms with E-state index in [1.54, 1.807) is 0 Å². The van der Waals surface area contributed by atoms with Gasteiger partial charge in [-0.25, -0.2) is 0 Å². The molecule has 0 aromatic heterocycles. The third-order valence-corrected chi connectivity index (χ3v) is 3.13. The molecule has 12 heavy (non-hydrogen) atoms. The molecule has 0 heterocycles. The van der Waals surface area contributed by atoms with Crippen LogP contribution in [-0.4, -0.2) is 0 Å². The molecule has 1 atom stereocenters. The lowest BCUT2D eigenvalue weighted by molar-refractivity contribution is 0.262. The molecule has 0 amide bonds. The fourth-order valence-electron chi connectivity index (χ4n) is 2.42. The smallest absolute Gasteiger partial charge is 0.0297 e. The molecule has 1 aliphatic carbocycles. The quantitative estimate of drug-likeness (QED) is 0.552. The third kappa shape index (κ3) is 3.00. The average molecular weight is 166 g/mol. The zero-order chi connectivity index (χ0) is 8.97. The van der Waals surface area contributed by atoms with Gasteiger partial charge in [0.1, 0.15) is 0 Å². The van der Waals surface area contributed by atoms with Crippen molar-refractivity contribution in [1.82, 2.24) is 0 Å². The van der Waals surface area contributed by atoms with Crippen molar-refractivity contribution >= 4 is 0 Å². The zero-order valence-corrected chi connectivity index (χ0v) is 8.60.